The zero-order valence-corrected chi connectivity index (χ0v) is 15.9. The number of aromatic nitrogens is 5. The zero-order valence-electron chi connectivity index (χ0n) is 15.9. The van der Waals surface area contributed by atoms with Gasteiger partial charge in [0.25, 0.3) is 5.91 Å². The molecule has 4 heterocycles. The number of aromatic amines is 1. The van der Waals surface area contributed by atoms with Gasteiger partial charge in [0, 0.05) is 38.7 Å². The predicted octanol–water partition coefficient (Wildman–Crippen LogP) is 2.10. The highest BCUT2D eigenvalue weighted by Crippen LogP contribution is 2.56. The fraction of sp³-hybridized carbons (Fsp3) is 0.474. The molecule has 1 N–H and O–H groups in total. The van der Waals surface area contributed by atoms with E-state index in [-0.39, 0.29) is 12.5 Å². The summed E-state index contributed by atoms with van der Waals surface area (Å²) >= 11 is 0. The number of H-pyrrole nitrogens is 1. The Labute approximate surface area is 161 Å². The van der Waals surface area contributed by atoms with Gasteiger partial charge in [-0.15, -0.1) is 10.2 Å². The van der Waals surface area contributed by atoms with Crippen LogP contribution in [0.5, 0.6) is 0 Å². The van der Waals surface area contributed by atoms with Gasteiger partial charge in [0.2, 0.25) is 11.8 Å². The van der Waals surface area contributed by atoms with Crippen LogP contribution in [-0.4, -0.2) is 49.4 Å². The fourth-order valence-electron chi connectivity index (χ4n) is 4.51. The molecule has 0 aromatic carbocycles. The van der Waals surface area contributed by atoms with Crippen LogP contribution in [0.1, 0.15) is 41.5 Å². The van der Waals surface area contributed by atoms with Crippen molar-refractivity contribution < 1.29 is 13.9 Å². The second kappa shape index (κ2) is 6.30. The molecule has 9 heteroatoms. The topological polar surface area (TPSA) is 102 Å². The fourth-order valence-corrected chi connectivity index (χ4v) is 4.51. The first-order valence-electron chi connectivity index (χ1n) is 9.43. The normalized spacial score (nSPS) is 23.6. The number of nitrogens with one attached hydrogen (secondary N) is 1. The third kappa shape index (κ3) is 2.42. The first-order chi connectivity index (χ1) is 13.6. The molecule has 9 nitrogen and oxygen atoms in total. The molecule has 1 amide bonds. The summed E-state index contributed by atoms with van der Waals surface area (Å²) in [5.74, 6) is 1.22. The maximum Gasteiger partial charge on any atom is 0.272 e. The van der Waals surface area contributed by atoms with Gasteiger partial charge in [0.05, 0.1) is 5.69 Å². The van der Waals surface area contributed by atoms with Gasteiger partial charge in [-0.3, -0.25) is 9.89 Å². The number of rotatable bonds is 5. The van der Waals surface area contributed by atoms with E-state index in [1.54, 1.807) is 7.11 Å². The zero-order chi connectivity index (χ0) is 19.3. The highest BCUT2D eigenvalue weighted by atomic mass is 16.5. The molecule has 2 fully saturated rings. The molecule has 0 radical (unpaired) electrons. The molecule has 2 atom stereocenters. The van der Waals surface area contributed by atoms with Crippen molar-refractivity contribution in [2.45, 2.75) is 31.4 Å². The largest absolute Gasteiger partial charge is 0.420 e. The lowest BCUT2D eigenvalue weighted by Crippen LogP contribution is -2.54. The van der Waals surface area contributed by atoms with Gasteiger partial charge in [-0.25, -0.2) is 0 Å². The predicted molar refractivity (Wildman–Crippen MR) is 98.1 cm³/mol. The van der Waals surface area contributed by atoms with Crippen LogP contribution in [-0.2, 0) is 23.9 Å². The third-order valence-corrected chi connectivity index (χ3v) is 6.02. The minimum Gasteiger partial charge on any atom is -0.420 e. The molecule has 0 spiro atoms. The molecule has 1 saturated heterocycles. The molecule has 5 rings (SSSR count). The van der Waals surface area contributed by atoms with E-state index in [4.69, 9.17) is 9.15 Å². The summed E-state index contributed by atoms with van der Waals surface area (Å²) < 4.78 is 12.9. The first-order valence-corrected chi connectivity index (χ1v) is 9.43. The van der Waals surface area contributed by atoms with Crippen LogP contribution < -0.4 is 0 Å². The molecule has 1 saturated carbocycles. The summed E-state index contributed by atoms with van der Waals surface area (Å²) in [5, 5.41) is 15.6. The highest BCUT2D eigenvalue weighted by molar-refractivity contribution is 5.94. The van der Waals surface area contributed by atoms with Crippen molar-refractivity contribution in [1.82, 2.24) is 29.9 Å². The van der Waals surface area contributed by atoms with Crippen molar-refractivity contribution in [3.63, 3.8) is 0 Å². The van der Waals surface area contributed by atoms with E-state index in [1.165, 1.54) is 0 Å². The Morgan fingerprint density at radius 1 is 1.43 bits per heavy atom. The average Bonchev–Trinajstić information content (AvgIpc) is 3.42. The molecule has 146 valence electrons. The Kier molecular flexibility index (Phi) is 3.87. The van der Waals surface area contributed by atoms with Gasteiger partial charge < -0.3 is 18.6 Å². The van der Waals surface area contributed by atoms with Gasteiger partial charge >= 0.3 is 0 Å². The van der Waals surface area contributed by atoms with Crippen LogP contribution in [0.25, 0.3) is 11.3 Å². The molecule has 1 aliphatic heterocycles. The molecular formula is C19H22N6O3. The van der Waals surface area contributed by atoms with E-state index in [2.05, 4.69) is 20.4 Å². The van der Waals surface area contributed by atoms with Crippen LogP contribution in [0.2, 0.25) is 0 Å². The molecule has 3 aromatic heterocycles. The van der Waals surface area contributed by atoms with E-state index in [0.717, 1.165) is 30.5 Å². The third-order valence-electron chi connectivity index (χ3n) is 6.02. The maximum atomic E-state index is 13.3. The molecule has 0 unspecified atom stereocenters. The van der Waals surface area contributed by atoms with Gasteiger partial charge in [-0.05, 0) is 37.3 Å². The smallest absolute Gasteiger partial charge is 0.272 e. The number of nitrogens with zero attached hydrogens (tertiary/aromatic N) is 5. The Bertz CT molecular complexity index is 1020. The number of amides is 1. The van der Waals surface area contributed by atoms with E-state index in [0.29, 0.717) is 29.9 Å². The lowest BCUT2D eigenvalue weighted by Gasteiger charge is -2.46. The number of carbonyl (C=O) groups is 1. The number of ether oxygens (including phenoxy) is 1. The van der Waals surface area contributed by atoms with E-state index in [1.807, 2.05) is 41.0 Å². The number of hydrogen-bond acceptors (Lipinski definition) is 6. The summed E-state index contributed by atoms with van der Waals surface area (Å²) in [6.45, 7) is 0.938. The summed E-state index contributed by atoms with van der Waals surface area (Å²) in [6.07, 6.45) is 6.75. The van der Waals surface area contributed by atoms with Crippen molar-refractivity contribution >= 4 is 5.91 Å². The summed E-state index contributed by atoms with van der Waals surface area (Å²) in [6, 6.07) is 3.78. The second-order valence-corrected chi connectivity index (χ2v) is 7.57. The Balaban J connectivity index is 1.45. The van der Waals surface area contributed by atoms with E-state index < -0.39 is 5.54 Å². The Morgan fingerprint density at radius 2 is 2.32 bits per heavy atom. The number of carbonyl (C=O) groups excluding carboxylic acids is 1. The molecular weight excluding hydrogens is 360 g/mol. The first kappa shape index (κ1) is 17.2. The number of methoxy groups -OCH3 is 1. The molecule has 3 aromatic rings. The average molecular weight is 382 g/mol. The monoisotopic (exact) mass is 382 g/mol. The molecule has 28 heavy (non-hydrogen) atoms. The SMILES string of the molecule is COCc1nnc([C@]23CC[C@H]2CCN3C(=O)c2cc(-c3ccn(C)c3)n[nH]2)o1. The maximum absolute atomic E-state index is 13.3. The van der Waals surface area contributed by atoms with Crippen molar-refractivity contribution in [3.8, 4) is 11.3 Å². The number of hydrogen-bond donors (Lipinski definition) is 1. The van der Waals surface area contributed by atoms with E-state index in [9.17, 15) is 4.79 Å². The Morgan fingerprint density at radius 3 is 3.04 bits per heavy atom. The van der Waals surface area contributed by atoms with Crippen LogP contribution in [0.3, 0.4) is 0 Å². The van der Waals surface area contributed by atoms with Crippen LogP contribution in [0.15, 0.2) is 28.9 Å². The standard InChI is InChI=1S/C19H22N6O3/c1-24-7-4-12(10-24)14-9-15(21-20-14)17(26)25-8-5-13-3-6-19(13,25)18-23-22-16(28-18)11-27-2/h4,7,9-10,13H,3,5-6,8,11H2,1-2H3,(H,20,21)/t13-,19-/m0/s1. The summed E-state index contributed by atoms with van der Waals surface area (Å²) in [4.78, 5) is 15.2. The lowest BCUT2D eigenvalue weighted by molar-refractivity contribution is -0.00495. The molecule has 1 aliphatic carbocycles. The molecule has 0 bridgehead atoms. The minimum atomic E-state index is -0.506. The number of aryl methyl sites for hydroxylation is 1. The van der Waals surface area contributed by atoms with Crippen molar-refractivity contribution in [3.05, 3.63) is 42.0 Å². The van der Waals surface area contributed by atoms with Crippen LogP contribution >= 0.6 is 0 Å². The summed E-state index contributed by atoms with van der Waals surface area (Å²) in [7, 11) is 3.54. The van der Waals surface area contributed by atoms with Crippen molar-refractivity contribution in [2.24, 2.45) is 13.0 Å². The van der Waals surface area contributed by atoms with Gasteiger partial charge in [0.1, 0.15) is 17.8 Å². The van der Waals surface area contributed by atoms with Gasteiger partial charge in [-0.1, -0.05) is 0 Å². The quantitative estimate of drug-likeness (QED) is 0.725. The second-order valence-electron chi connectivity index (χ2n) is 7.57. The number of likely N-dealkylation sites (tertiary alicyclic amines) is 1. The van der Waals surface area contributed by atoms with Crippen molar-refractivity contribution in [1.29, 1.82) is 0 Å². The Hall–Kier alpha value is -2.94. The highest BCUT2D eigenvalue weighted by Gasteiger charge is 2.61. The minimum absolute atomic E-state index is 0.0802. The lowest BCUT2D eigenvalue weighted by atomic mass is 9.67. The van der Waals surface area contributed by atoms with E-state index >= 15 is 0 Å². The van der Waals surface area contributed by atoms with Crippen LogP contribution in [0, 0.1) is 5.92 Å². The van der Waals surface area contributed by atoms with Crippen LogP contribution in [0.4, 0.5) is 0 Å². The number of fused-ring (bicyclic) bond motifs is 1. The molecule has 2 aliphatic rings. The summed E-state index contributed by atoms with van der Waals surface area (Å²) in [5.41, 5.74) is 1.69. The van der Waals surface area contributed by atoms with Gasteiger partial charge in [-0.2, -0.15) is 5.10 Å². The van der Waals surface area contributed by atoms with Gasteiger partial charge in [0.15, 0.2) is 0 Å². The van der Waals surface area contributed by atoms with Crippen molar-refractivity contribution in [2.75, 3.05) is 13.7 Å².